The molecule has 0 fully saturated rings. The van der Waals surface area contributed by atoms with Crippen molar-refractivity contribution < 1.29 is 20.1 Å². The van der Waals surface area contributed by atoms with E-state index in [1.807, 2.05) is 6.08 Å². The Labute approximate surface area is 316 Å². The summed E-state index contributed by atoms with van der Waals surface area (Å²) in [6.45, 7) is 4.11. The van der Waals surface area contributed by atoms with Crippen LogP contribution in [-0.4, -0.2) is 46.1 Å². The first-order valence-electron chi connectivity index (χ1n) is 22.0. The molecule has 0 aliphatic rings. The lowest BCUT2D eigenvalue weighted by Crippen LogP contribution is -2.48. The maximum Gasteiger partial charge on any atom is 0.249 e. The minimum Gasteiger partial charge on any atom is -0.394 e. The molecule has 0 saturated carbocycles. The van der Waals surface area contributed by atoms with Crippen molar-refractivity contribution in [2.75, 3.05) is 6.61 Å². The number of aliphatic hydroxyl groups excluding tert-OH is 3. The quantitative estimate of drug-likeness (QED) is 0.0377. The van der Waals surface area contributed by atoms with Gasteiger partial charge in [0.25, 0.3) is 0 Å². The van der Waals surface area contributed by atoms with Gasteiger partial charge in [0, 0.05) is 0 Å². The lowest BCUT2D eigenvalue weighted by atomic mass is 10.0. The van der Waals surface area contributed by atoms with Crippen LogP contribution in [0.3, 0.4) is 0 Å². The average molecular weight is 716 g/mol. The van der Waals surface area contributed by atoms with Gasteiger partial charge in [-0.2, -0.15) is 0 Å². The van der Waals surface area contributed by atoms with E-state index in [2.05, 4.69) is 55.6 Å². The minimum atomic E-state index is -1.11. The highest BCUT2D eigenvalue weighted by Crippen LogP contribution is 2.15. The first kappa shape index (κ1) is 49.3. The minimum absolute atomic E-state index is 0.378. The number of rotatable bonds is 39. The summed E-state index contributed by atoms with van der Waals surface area (Å²) in [4.78, 5) is 12.4. The SMILES string of the molecule is CCCCC/C=C/CC/C=C/C(O)C(CO)NC(=O)C(O)CCCCCCCCCCCCCC/C=C\C/C=C\CCCCCCCCCCC. The van der Waals surface area contributed by atoms with Gasteiger partial charge in [0.2, 0.25) is 5.91 Å². The van der Waals surface area contributed by atoms with Gasteiger partial charge in [0.05, 0.1) is 18.8 Å². The van der Waals surface area contributed by atoms with E-state index in [4.69, 9.17) is 0 Å². The Morgan fingerprint density at radius 2 is 0.863 bits per heavy atom. The van der Waals surface area contributed by atoms with Gasteiger partial charge < -0.3 is 20.6 Å². The molecule has 298 valence electrons. The monoisotopic (exact) mass is 716 g/mol. The summed E-state index contributed by atoms with van der Waals surface area (Å²) >= 11 is 0. The number of carbonyl (C=O) groups is 1. The molecule has 0 aliphatic heterocycles. The molecule has 0 rings (SSSR count). The normalized spacial score (nSPS) is 14.1. The number of carbonyl (C=O) groups excluding carboxylic acids is 1. The van der Waals surface area contributed by atoms with E-state index in [0.29, 0.717) is 6.42 Å². The van der Waals surface area contributed by atoms with Crippen molar-refractivity contribution in [1.82, 2.24) is 5.32 Å². The van der Waals surface area contributed by atoms with Gasteiger partial charge in [-0.25, -0.2) is 0 Å². The smallest absolute Gasteiger partial charge is 0.249 e. The Hall–Kier alpha value is -1.69. The number of hydrogen-bond donors (Lipinski definition) is 4. The second kappa shape index (κ2) is 41.1. The van der Waals surface area contributed by atoms with Crippen LogP contribution in [0, 0.1) is 0 Å². The molecule has 0 radical (unpaired) electrons. The molecule has 5 heteroatoms. The summed E-state index contributed by atoms with van der Waals surface area (Å²) < 4.78 is 0. The topological polar surface area (TPSA) is 89.8 Å². The van der Waals surface area contributed by atoms with Crippen LogP contribution in [0.5, 0.6) is 0 Å². The number of nitrogens with one attached hydrogen (secondary N) is 1. The van der Waals surface area contributed by atoms with Crippen LogP contribution in [-0.2, 0) is 4.79 Å². The predicted octanol–water partition coefficient (Wildman–Crippen LogP) is 12.5. The van der Waals surface area contributed by atoms with Crippen LogP contribution in [0.25, 0.3) is 0 Å². The third-order valence-corrected chi connectivity index (χ3v) is 9.89. The van der Waals surface area contributed by atoms with Gasteiger partial charge in [-0.05, 0) is 64.2 Å². The van der Waals surface area contributed by atoms with E-state index in [9.17, 15) is 20.1 Å². The lowest BCUT2D eigenvalue weighted by Gasteiger charge is -2.21. The van der Waals surface area contributed by atoms with E-state index < -0.39 is 24.2 Å². The fourth-order valence-corrected chi connectivity index (χ4v) is 6.41. The third-order valence-electron chi connectivity index (χ3n) is 9.89. The molecule has 51 heavy (non-hydrogen) atoms. The maximum absolute atomic E-state index is 12.4. The zero-order chi connectivity index (χ0) is 37.3. The molecule has 0 heterocycles. The van der Waals surface area contributed by atoms with Crippen molar-refractivity contribution in [3.05, 3.63) is 48.6 Å². The zero-order valence-electron chi connectivity index (χ0n) is 33.7. The van der Waals surface area contributed by atoms with Gasteiger partial charge in [-0.1, -0.05) is 197 Å². The average Bonchev–Trinajstić information content (AvgIpc) is 3.13. The first-order valence-corrected chi connectivity index (χ1v) is 22.0. The van der Waals surface area contributed by atoms with E-state index in [0.717, 1.165) is 44.9 Å². The molecule has 0 aromatic carbocycles. The van der Waals surface area contributed by atoms with Crippen LogP contribution < -0.4 is 5.32 Å². The molecule has 0 spiro atoms. The van der Waals surface area contributed by atoms with Gasteiger partial charge in [-0.15, -0.1) is 0 Å². The Morgan fingerprint density at radius 1 is 0.490 bits per heavy atom. The molecule has 0 saturated heterocycles. The van der Waals surface area contributed by atoms with Gasteiger partial charge >= 0.3 is 0 Å². The Balaban J connectivity index is 3.59. The molecule has 0 aromatic rings. The highest BCUT2D eigenvalue weighted by molar-refractivity contribution is 5.80. The fourth-order valence-electron chi connectivity index (χ4n) is 6.41. The largest absolute Gasteiger partial charge is 0.394 e. The highest BCUT2D eigenvalue weighted by atomic mass is 16.3. The lowest BCUT2D eigenvalue weighted by molar-refractivity contribution is -0.131. The van der Waals surface area contributed by atoms with Crippen molar-refractivity contribution >= 4 is 5.91 Å². The van der Waals surface area contributed by atoms with Crippen LogP contribution >= 0.6 is 0 Å². The van der Waals surface area contributed by atoms with Crippen molar-refractivity contribution in [1.29, 1.82) is 0 Å². The molecule has 1 amide bonds. The zero-order valence-corrected chi connectivity index (χ0v) is 33.7. The van der Waals surface area contributed by atoms with E-state index in [1.54, 1.807) is 6.08 Å². The Morgan fingerprint density at radius 3 is 1.35 bits per heavy atom. The molecule has 4 N–H and O–H groups in total. The van der Waals surface area contributed by atoms with Gasteiger partial charge in [-0.3, -0.25) is 4.79 Å². The second-order valence-electron chi connectivity index (χ2n) is 14.9. The summed E-state index contributed by atoms with van der Waals surface area (Å²) in [5.41, 5.74) is 0. The highest BCUT2D eigenvalue weighted by Gasteiger charge is 2.22. The Bertz CT molecular complexity index is 835. The van der Waals surface area contributed by atoms with Crippen LogP contribution in [0.2, 0.25) is 0 Å². The first-order chi connectivity index (χ1) is 25.1. The number of amides is 1. The fraction of sp³-hybridized carbons (Fsp3) is 0.804. The van der Waals surface area contributed by atoms with E-state index in [-0.39, 0.29) is 6.61 Å². The van der Waals surface area contributed by atoms with Crippen molar-refractivity contribution in [3.8, 4) is 0 Å². The molecule has 0 bridgehead atoms. The third kappa shape index (κ3) is 36.5. The predicted molar refractivity (Wildman–Crippen MR) is 222 cm³/mol. The summed E-state index contributed by atoms with van der Waals surface area (Å²) in [6, 6.07) is -0.813. The number of hydrogen-bond acceptors (Lipinski definition) is 4. The summed E-state index contributed by atoms with van der Waals surface area (Å²) in [5.74, 6) is -0.518. The molecule has 5 nitrogen and oxygen atoms in total. The van der Waals surface area contributed by atoms with Crippen molar-refractivity contribution in [3.63, 3.8) is 0 Å². The number of allylic oxidation sites excluding steroid dienone is 7. The molecular formula is C46H85NO4. The number of unbranched alkanes of at least 4 members (excludes halogenated alkanes) is 25. The summed E-state index contributed by atoms with van der Waals surface area (Å²) in [5, 5.41) is 32.9. The number of aliphatic hydroxyl groups is 3. The van der Waals surface area contributed by atoms with Gasteiger partial charge in [0.1, 0.15) is 6.10 Å². The van der Waals surface area contributed by atoms with Gasteiger partial charge in [0.15, 0.2) is 0 Å². The molecule has 3 unspecified atom stereocenters. The van der Waals surface area contributed by atoms with Crippen molar-refractivity contribution in [2.24, 2.45) is 0 Å². The summed E-state index contributed by atoms with van der Waals surface area (Å²) in [7, 11) is 0. The van der Waals surface area contributed by atoms with E-state index in [1.165, 1.54) is 148 Å². The molecular weight excluding hydrogens is 631 g/mol. The van der Waals surface area contributed by atoms with Crippen LogP contribution in [0.15, 0.2) is 48.6 Å². The Kier molecular flexibility index (Phi) is 39.7. The summed E-state index contributed by atoms with van der Waals surface area (Å²) in [6.07, 6.45) is 53.1. The van der Waals surface area contributed by atoms with Crippen molar-refractivity contribution in [2.45, 2.75) is 231 Å². The second-order valence-corrected chi connectivity index (χ2v) is 14.9. The maximum atomic E-state index is 12.4. The molecule has 0 aromatic heterocycles. The molecule has 0 aliphatic carbocycles. The van der Waals surface area contributed by atoms with Crippen LogP contribution in [0.4, 0.5) is 0 Å². The molecule has 3 atom stereocenters. The van der Waals surface area contributed by atoms with E-state index >= 15 is 0 Å². The van der Waals surface area contributed by atoms with Crippen LogP contribution in [0.1, 0.15) is 213 Å². The standard InChI is InChI=1S/C46H85NO4/c1-3-5-7-9-11-13-14-15-16-17-18-19-20-21-22-23-24-25-26-27-28-29-30-31-33-35-37-39-41-45(50)46(51)47-43(42-48)44(49)40-38-36-34-32-12-10-8-6-4-2/h12,18-19,21-22,32,38,40,43-45,48-50H,3-11,13-17,20,23-31,33-37,39,41-42H2,1-2H3,(H,47,51)/b19-18-,22-21-,32-12+,40-38+.